The molecule has 3 rings (SSSR count). The summed E-state index contributed by atoms with van der Waals surface area (Å²) in [6, 6.07) is 0.858. The van der Waals surface area contributed by atoms with Crippen LogP contribution in [0.4, 0.5) is 19.0 Å². The van der Waals surface area contributed by atoms with Gasteiger partial charge >= 0.3 is 6.18 Å². The van der Waals surface area contributed by atoms with Gasteiger partial charge in [0.15, 0.2) is 0 Å². The van der Waals surface area contributed by atoms with Gasteiger partial charge in [0.2, 0.25) is 0 Å². The summed E-state index contributed by atoms with van der Waals surface area (Å²) in [5.74, 6) is 0.261. The Kier molecular flexibility index (Phi) is 6.91. The lowest BCUT2D eigenvalue weighted by molar-refractivity contribution is -0.137. The molecular weight excluding hydrogens is 464 g/mol. The number of hydrogen-bond donors (Lipinski definition) is 0. The Morgan fingerprint density at radius 3 is 2.47 bits per heavy atom. The van der Waals surface area contributed by atoms with E-state index in [0.29, 0.717) is 47.4 Å². The molecule has 6 nitrogen and oxygen atoms in total. The number of rotatable bonds is 4. The molecule has 0 bridgehead atoms. The van der Waals surface area contributed by atoms with Crippen LogP contribution in [0, 0.1) is 0 Å². The lowest BCUT2D eigenvalue weighted by atomic mass is 10.1. The van der Waals surface area contributed by atoms with E-state index in [0.717, 1.165) is 12.3 Å². The number of piperazine rings is 1. The van der Waals surface area contributed by atoms with Crippen LogP contribution in [0.25, 0.3) is 0 Å². The van der Waals surface area contributed by atoms with Gasteiger partial charge in [-0.2, -0.15) is 13.2 Å². The number of nitrogens with zero attached hydrogens (tertiary/aromatic N) is 4. The molecule has 0 amide bonds. The molecule has 1 aliphatic carbocycles. The molecule has 12 heteroatoms. The largest absolute Gasteiger partial charge is 0.417 e. The van der Waals surface area contributed by atoms with Gasteiger partial charge in [-0.3, -0.25) is 0 Å². The molecule has 2 heterocycles. The highest BCUT2D eigenvalue weighted by Gasteiger charge is 2.33. The Balaban J connectivity index is 1.72. The van der Waals surface area contributed by atoms with Crippen molar-refractivity contribution in [2.24, 2.45) is 5.16 Å². The summed E-state index contributed by atoms with van der Waals surface area (Å²) in [6.45, 7) is 5.34. The zero-order valence-electron chi connectivity index (χ0n) is 15.7. The van der Waals surface area contributed by atoms with E-state index < -0.39 is 22.7 Å². The molecule has 1 unspecified atom stereocenters. The molecule has 1 saturated heterocycles. The summed E-state index contributed by atoms with van der Waals surface area (Å²) in [5, 5.41) is 4.18. The van der Waals surface area contributed by atoms with Gasteiger partial charge in [0.25, 0.3) is 0 Å². The Bertz CT molecular complexity index is 971. The van der Waals surface area contributed by atoms with Crippen LogP contribution in [0.15, 0.2) is 51.7 Å². The monoisotopic (exact) mass is 480 g/mol. The Morgan fingerprint density at radius 2 is 1.90 bits per heavy atom. The zero-order chi connectivity index (χ0) is 22.1. The minimum atomic E-state index is -4.51. The number of anilines is 1. The van der Waals surface area contributed by atoms with Crippen LogP contribution in [-0.2, 0) is 22.0 Å². The summed E-state index contributed by atoms with van der Waals surface area (Å²) >= 11 is 12.1. The fraction of sp³-hybridized carbons (Fsp3) is 0.333. The predicted molar refractivity (Wildman–Crippen MR) is 112 cm³/mol. The van der Waals surface area contributed by atoms with Crippen LogP contribution in [0.1, 0.15) is 5.56 Å². The van der Waals surface area contributed by atoms with Crippen molar-refractivity contribution >= 4 is 45.7 Å². The molecule has 2 aliphatic rings. The van der Waals surface area contributed by atoms with Gasteiger partial charge in [0.05, 0.1) is 15.5 Å². The topological polar surface area (TPSA) is 58.0 Å². The standard InChI is InChI=1S/C18H17Cl2F3N4O2S/c1-11-13(19)3-4-15(16(11)25-29-2)30(28)27-7-5-26(6-8-27)17-14(20)9-12(10-24-17)18(21,22)23/h3-4,9-10H,1,5-8H2,2H3/b25-16+. The fourth-order valence-corrected chi connectivity index (χ4v) is 4.67. The average molecular weight is 481 g/mol. The second-order valence-electron chi connectivity index (χ2n) is 6.34. The summed E-state index contributed by atoms with van der Waals surface area (Å²) in [4.78, 5) is 10.9. The number of hydrogen-bond acceptors (Lipinski definition) is 5. The van der Waals surface area contributed by atoms with Gasteiger partial charge in [-0.25, -0.2) is 13.5 Å². The van der Waals surface area contributed by atoms with Gasteiger partial charge in [-0.15, -0.1) is 0 Å². The molecule has 1 aromatic heterocycles. The van der Waals surface area contributed by atoms with E-state index in [9.17, 15) is 17.4 Å². The van der Waals surface area contributed by atoms with Crippen molar-refractivity contribution in [3.63, 3.8) is 0 Å². The number of halogens is 5. The quantitative estimate of drug-likeness (QED) is 0.608. The normalized spacial score (nSPS) is 20.8. The number of pyridine rings is 1. The summed E-state index contributed by atoms with van der Waals surface area (Å²) < 4.78 is 53.2. The van der Waals surface area contributed by atoms with Crippen LogP contribution >= 0.6 is 23.2 Å². The number of alkyl halides is 3. The highest BCUT2D eigenvalue weighted by molar-refractivity contribution is 7.87. The maximum Gasteiger partial charge on any atom is 0.417 e. The second kappa shape index (κ2) is 9.09. The first-order valence-corrected chi connectivity index (χ1v) is 10.5. The van der Waals surface area contributed by atoms with Crippen LogP contribution in [0.3, 0.4) is 0 Å². The van der Waals surface area contributed by atoms with Crippen molar-refractivity contribution in [1.82, 2.24) is 9.29 Å². The van der Waals surface area contributed by atoms with E-state index in [4.69, 9.17) is 28.0 Å². The highest BCUT2D eigenvalue weighted by Crippen LogP contribution is 2.34. The summed E-state index contributed by atoms with van der Waals surface area (Å²) in [5.41, 5.74) is -0.195. The molecule has 0 radical (unpaired) electrons. The molecule has 1 atom stereocenters. The lowest BCUT2D eigenvalue weighted by Crippen LogP contribution is -2.48. The van der Waals surface area contributed by atoms with E-state index in [2.05, 4.69) is 16.7 Å². The molecule has 0 saturated carbocycles. The number of oxime groups is 1. The van der Waals surface area contributed by atoms with Crippen LogP contribution in [0.2, 0.25) is 5.02 Å². The maximum absolute atomic E-state index is 13.1. The smallest absolute Gasteiger partial charge is 0.399 e. The zero-order valence-corrected chi connectivity index (χ0v) is 18.1. The molecule has 162 valence electrons. The summed E-state index contributed by atoms with van der Waals surface area (Å²) in [6.07, 6.45) is -0.561. The SMILES string of the molecule is C=C1C(Cl)=CC=C(S(=O)N2CCN(c3ncc(C(F)(F)F)cc3Cl)CC2)/C1=N/OC. The van der Waals surface area contributed by atoms with Crippen molar-refractivity contribution < 1.29 is 22.2 Å². The number of aromatic nitrogens is 1. The van der Waals surface area contributed by atoms with Crippen molar-refractivity contribution in [2.75, 3.05) is 38.2 Å². The van der Waals surface area contributed by atoms with Gasteiger partial charge in [-0.05, 0) is 18.2 Å². The molecule has 1 aliphatic heterocycles. The van der Waals surface area contributed by atoms with Crippen molar-refractivity contribution in [3.8, 4) is 0 Å². The Hall–Kier alpha value is -1.88. The van der Waals surface area contributed by atoms with Crippen molar-refractivity contribution in [2.45, 2.75) is 6.18 Å². The van der Waals surface area contributed by atoms with Crippen LogP contribution in [-0.4, -0.2) is 52.5 Å². The van der Waals surface area contributed by atoms with Crippen LogP contribution in [0.5, 0.6) is 0 Å². The van der Waals surface area contributed by atoms with Crippen LogP contribution < -0.4 is 4.90 Å². The number of allylic oxidation sites excluding steroid dienone is 5. The van der Waals surface area contributed by atoms with Gasteiger partial charge in [0.1, 0.15) is 29.6 Å². The first-order chi connectivity index (χ1) is 14.1. The lowest BCUT2D eigenvalue weighted by Gasteiger charge is -2.35. The van der Waals surface area contributed by atoms with Crippen molar-refractivity contribution in [3.05, 3.63) is 57.1 Å². The predicted octanol–water partition coefficient (Wildman–Crippen LogP) is 4.12. The molecule has 0 aromatic carbocycles. The third-order valence-electron chi connectivity index (χ3n) is 4.48. The van der Waals surface area contributed by atoms with Crippen molar-refractivity contribution in [1.29, 1.82) is 0 Å². The summed E-state index contributed by atoms with van der Waals surface area (Å²) in [7, 11) is -0.194. The Labute approximate surface area is 183 Å². The minimum Gasteiger partial charge on any atom is -0.399 e. The van der Waals surface area contributed by atoms with E-state index in [1.807, 2.05) is 0 Å². The second-order valence-corrected chi connectivity index (χ2v) is 8.61. The molecule has 0 N–H and O–H groups in total. The first-order valence-electron chi connectivity index (χ1n) is 8.66. The van der Waals surface area contributed by atoms with Gasteiger partial charge in [0, 0.05) is 43.0 Å². The molecule has 1 fully saturated rings. The first kappa shape index (κ1) is 22.8. The third kappa shape index (κ3) is 4.72. The third-order valence-corrected chi connectivity index (χ3v) is 6.65. The van der Waals surface area contributed by atoms with E-state index in [-0.39, 0.29) is 10.8 Å². The Morgan fingerprint density at radius 1 is 1.23 bits per heavy atom. The molecule has 1 aromatic rings. The molecule has 30 heavy (non-hydrogen) atoms. The highest BCUT2D eigenvalue weighted by atomic mass is 35.5. The molecule has 0 spiro atoms. The minimum absolute atomic E-state index is 0.0834. The van der Waals surface area contributed by atoms with Gasteiger partial charge < -0.3 is 9.74 Å². The van der Waals surface area contributed by atoms with E-state index >= 15 is 0 Å². The van der Waals surface area contributed by atoms with E-state index in [1.165, 1.54) is 7.11 Å². The van der Waals surface area contributed by atoms with Gasteiger partial charge in [-0.1, -0.05) is 34.9 Å². The maximum atomic E-state index is 13.1. The molecular formula is C18H17Cl2F3N4O2S. The average Bonchev–Trinajstić information content (AvgIpc) is 2.71. The van der Waals surface area contributed by atoms with E-state index in [1.54, 1.807) is 21.4 Å². The fourth-order valence-electron chi connectivity index (χ4n) is 2.95.